The number of hydrogen-bond donors (Lipinski definition) is 2. The second-order valence-corrected chi connectivity index (χ2v) is 7.52. The Morgan fingerprint density at radius 2 is 1.70 bits per heavy atom. The molecule has 0 aliphatic heterocycles. The van der Waals surface area contributed by atoms with Crippen molar-refractivity contribution in [1.82, 2.24) is 10.3 Å². The first-order valence-corrected chi connectivity index (χ1v) is 10.4. The zero-order valence-corrected chi connectivity index (χ0v) is 17.7. The van der Waals surface area contributed by atoms with Crippen molar-refractivity contribution in [3.05, 3.63) is 94.6 Å². The van der Waals surface area contributed by atoms with Gasteiger partial charge in [0.25, 0.3) is 0 Å². The van der Waals surface area contributed by atoms with Crippen LogP contribution in [0.3, 0.4) is 0 Å². The van der Waals surface area contributed by atoms with Gasteiger partial charge in [-0.05, 0) is 36.7 Å². The van der Waals surface area contributed by atoms with Gasteiger partial charge in [-0.3, -0.25) is 0 Å². The summed E-state index contributed by atoms with van der Waals surface area (Å²) in [5, 5.41) is 5.51. The number of nitrogens with one attached hydrogen (secondary N) is 2. The maximum Gasteiger partial charge on any atom is 0.166 e. The Bertz CT molecular complexity index is 1120. The average molecular weight is 421 g/mol. The summed E-state index contributed by atoms with van der Waals surface area (Å²) >= 11 is 6.27. The molecule has 0 saturated heterocycles. The molecule has 2 N–H and O–H groups in total. The summed E-state index contributed by atoms with van der Waals surface area (Å²) in [5.41, 5.74) is 4.50. The van der Waals surface area contributed by atoms with Gasteiger partial charge in [-0.2, -0.15) is 0 Å². The van der Waals surface area contributed by atoms with Crippen molar-refractivity contribution in [1.29, 1.82) is 0 Å². The van der Waals surface area contributed by atoms with Gasteiger partial charge in [-0.25, -0.2) is 0 Å². The van der Waals surface area contributed by atoms with Crippen molar-refractivity contribution in [3.63, 3.8) is 0 Å². The van der Waals surface area contributed by atoms with E-state index < -0.39 is 0 Å². The summed E-state index contributed by atoms with van der Waals surface area (Å²) in [7, 11) is 1.66. The standard InChI is InChI=1S/C25H25ClN2O2/c1-29-24-12-6-8-19(25(24)30-17-20-7-2-4-10-22(20)26)15-27-14-13-18-16-28-23-11-5-3-9-21(18)23/h2-12,16,27-28H,13-15,17H2,1H3. The van der Waals surface area contributed by atoms with E-state index in [0.717, 1.165) is 35.6 Å². The number of aromatic nitrogens is 1. The Balaban J connectivity index is 1.40. The van der Waals surface area contributed by atoms with E-state index in [4.69, 9.17) is 21.1 Å². The second kappa shape index (κ2) is 9.70. The highest BCUT2D eigenvalue weighted by Gasteiger charge is 2.12. The van der Waals surface area contributed by atoms with Crippen LogP contribution in [0.1, 0.15) is 16.7 Å². The Labute approximate surface area is 181 Å². The molecule has 0 unspecified atom stereocenters. The lowest BCUT2D eigenvalue weighted by Gasteiger charge is -2.16. The highest BCUT2D eigenvalue weighted by Crippen LogP contribution is 2.32. The Hall–Kier alpha value is -2.95. The quantitative estimate of drug-likeness (QED) is 0.339. The van der Waals surface area contributed by atoms with Gasteiger partial charge in [0, 0.05) is 39.8 Å². The molecule has 4 aromatic rings. The number of halogens is 1. The van der Waals surface area contributed by atoms with Gasteiger partial charge >= 0.3 is 0 Å². The molecule has 30 heavy (non-hydrogen) atoms. The summed E-state index contributed by atoms with van der Waals surface area (Å²) in [5.74, 6) is 1.47. The summed E-state index contributed by atoms with van der Waals surface area (Å²) < 4.78 is 11.7. The maximum absolute atomic E-state index is 6.27. The highest BCUT2D eigenvalue weighted by atomic mass is 35.5. The fourth-order valence-electron chi connectivity index (χ4n) is 3.57. The van der Waals surface area contributed by atoms with Gasteiger partial charge in [0.15, 0.2) is 11.5 Å². The number of hydrogen-bond acceptors (Lipinski definition) is 3. The van der Waals surface area contributed by atoms with E-state index >= 15 is 0 Å². The van der Waals surface area contributed by atoms with Crippen LogP contribution in [0, 0.1) is 0 Å². The molecule has 0 saturated carbocycles. The number of methoxy groups -OCH3 is 1. The molecular formula is C25H25ClN2O2. The van der Waals surface area contributed by atoms with E-state index in [1.807, 2.05) is 42.5 Å². The van der Waals surface area contributed by atoms with E-state index in [1.165, 1.54) is 16.5 Å². The van der Waals surface area contributed by atoms with Crippen molar-refractivity contribution in [2.75, 3.05) is 13.7 Å². The van der Waals surface area contributed by atoms with Crippen molar-refractivity contribution >= 4 is 22.5 Å². The van der Waals surface area contributed by atoms with Crippen molar-refractivity contribution in [2.45, 2.75) is 19.6 Å². The van der Waals surface area contributed by atoms with Crippen LogP contribution in [0.4, 0.5) is 0 Å². The van der Waals surface area contributed by atoms with E-state index in [2.05, 4.69) is 40.8 Å². The van der Waals surface area contributed by atoms with Crippen LogP contribution in [0.2, 0.25) is 5.02 Å². The number of para-hydroxylation sites is 2. The third-order valence-corrected chi connectivity index (χ3v) is 5.54. The number of fused-ring (bicyclic) bond motifs is 1. The van der Waals surface area contributed by atoms with Gasteiger partial charge in [0.05, 0.1) is 7.11 Å². The summed E-state index contributed by atoms with van der Waals surface area (Å²) in [6.07, 6.45) is 3.04. The second-order valence-electron chi connectivity index (χ2n) is 7.11. The first kappa shape index (κ1) is 20.3. The molecule has 0 radical (unpaired) electrons. The molecule has 0 amide bonds. The summed E-state index contributed by atoms with van der Waals surface area (Å²) in [4.78, 5) is 3.33. The Kier molecular flexibility index (Phi) is 6.57. The fourth-order valence-corrected chi connectivity index (χ4v) is 3.77. The lowest BCUT2D eigenvalue weighted by atomic mass is 10.1. The molecule has 4 nitrogen and oxygen atoms in total. The lowest BCUT2D eigenvalue weighted by Crippen LogP contribution is -2.17. The summed E-state index contributed by atoms with van der Waals surface area (Å²) in [6, 6.07) is 22.1. The Morgan fingerprint density at radius 1 is 0.900 bits per heavy atom. The molecular weight excluding hydrogens is 396 g/mol. The molecule has 0 aliphatic rings. The molecule has 1 heterocycles. The monoisotopic (exact) mass is 420 g/mol. The minimum Gasteiger partial charge on any atom is -0.493 e. The van der Waals surface area contributed by atoms with Gasteiger partial charge in [-0.15, -0.1) is 0 Å². The first-order chi connectivity index (χ1) is 14.8. The first-order valence-electron chi connectivity index (χ1n) is 10.0. The normalized spacial score (nSPS) is 11.0. The van der Waals surface area contributed by atoms with Gasteiger partial charge in [-0.1, -0.05) is 60.1 Å². The molecule has 154 valence electrons. The molecule has 3 aromatic carbocycles. The molecule has 0 aliphatic carbocycles. The van der Waals surface area contributed by atoms with E-state index in [1.54, 1.807) is 7.11 Å². The molecule has 5 heteroatoms. The number of ether oxygens (including phenoxy) is 2. The fraction of sp³-hybridized carbons (Fsp3) is 0.200. The molecule has 4 rings (SSSR count). The van der Waals surface area contributed by atoms with Gasteiger partial charge < -0.3 is 19.8 Å². The number of benzene rings is 3. The van der Waals surface area contributed by atoms with Crippen LogP contribution in [0.15, 0.2) is 72.9 Å². The third-order valence-electron chi connectivity index (χ3n) is 5.17. The van der Waals surface area contributed by atoms with E-state index in [0.29, 0.717) is 18.2 Å². The molecule has 1 aromatic heterocycles. The average Bonchev–Trinajstić information content (AvgIpc) is 3.19. The van der Waals surface area contributed by atoms with Crippen LogP contribution in [-0.4, -0.2) is 18.6 Å². The predicted octanol–water partition coefficient (Wildman–Crippen LogP) is 5.74. The lowest BCUT2D eigenvalue weighted by molar-refractivity contribution is 0.281. The van der Waals surface area contributed by atoms with Crippen molar-refractivity contribution < 1.29 is 9.47 Å². The molecule has 0 fully saturated rings. The van der Waals surface area contributed by atoms with Gasteiger partial charge in [0.1, 0.15) is 6.61 Å². The molecule has 0 spiro atoms. The van der Waals surface area contributed by atoms with Crippen molar-refractivity contribution in [3.8, 4) is 11.5 Å². The maximum atomic E-state index is 6.27. The van der Waals surface area contributed by atoms with Crippen LogP contribution in [0.5, 0.6) is 11.5 Å². The largest absolute Gasteiger partial charge is 0.493 e. The minimum absolute atomic E-state index is 0.391. The number of aromatic amines is 1. The van der Waals surface area contributed by atoms with Crippen LogP contribution >= 0.6 is 11.6 Å². The highest BCUT2D eigenvalue weighted by molar-refractivity contribution is 6.31. The predicted molar refractivity (Wildman–Crippen MR) is 122 cm³/mol. The zero-order valence-electron chi connectivity index (χ0n) is 17.0. The number of H-pyrrole nitrogens is 1. The smallest absolute Gasteiger partial charge is 0.166 e. The summed E-state index contributed by atoms with van der Waals surface area (Å²) in [6.45, 7) is 1.95. The SMILES string of the molecule is COc1cccc(CNCCc2c[nH]c3ccccc23)c1OCc1ccccc1Cl. The zero-order chi connectivity index (χ0) is 20.8. The topological polar surface area (TPSA) is 46.3 Å². The van der Waals surface area contributed by atoms with Crippen LogP contribution < -0.4 is 14.8 Å². The van der Waals surface area contributed by atoms with Gasteiger partial charge in [0.2, 0.25) is 0 Å². The molecule has 0 atom stereocenters. The number of rotatable bonds is 9. The minimum atomic E-state index is 0.391. The van der Waals surface area contributed by atoms with Crippen molar-refractivity contribution in [2.24, 2.45) is 0 Å². The van der Waals surface area contributed by atoms with E-state index in [-0.39, 0.29) is 0 Å². The van der Waals surface area contributed by atoms with E-state index in [9.17, 15) is 0 Å². The molecule has 0 bridgehead atoms. The Morgan fingerprint density at radius 3 is 2.57 bits per heavy atom. The third kappa shape index (κ3) is 4.61. The van der Waals surface area contributed by atoms with Crippen LogP contribution in [0.25, 0.3) is 10.9 Å². The van der Waals surface area contributed by atoms with Crippen LogP contribution in [-0.2, 0) is 19.6 Å².